The van der Waals surface area contributed by atoms with Crippen molar-refractivity contribution in [1.29, 1.82) is 0 Å². The zero-order valence-corrected chi connectivity index (χ0v) is 17.5. The van der Waals surface area contributed by atoms with Gasteiger partial charge in [0.25, 0.3) is 0 Å². The summed E-state index contributed by atoms with van der Waals surface area (Å²) in [6.45, 7) is 14.0. The highest BCUT2D eigenvalue weighted by atomic mass is 14.7. The largest absolute Gasteiger partial charge is 0.256 e. The number of rotatable bonds is 4. The van der Waals surface area contributed by atoms with Gasteiger partial charge < -0.3 is 0 Å². The summed E-state index contributed by atoms with van der Waals surface area (Å²) in [4.78, 5) is 4.78. The van der Waals surface area contributed by atoms with Gasteiger partial charge >= 0.3 is 0 Å². The number of pyridine rings is 1. The number of benzene rings is 1. The van der Waals surface area contributed by atoms with Crippen molar-refractivity contribution in [2.24, 2.45) is 11.8 Å². The van der Waals surface area contributed by atoms with E-state index >= 15 is 0 Å². The van der Waals surface area contributed by atoms with Crippen LogP contribution in [0.15, 0.2) is 61.3 Å². The second-order valence-electron chi connectivity index (χ2n) is 7.61. The van der Waals surface area contributed by atoms with Gasteiger partial charge in [-0.3, -0.25) is 4.98 Å². The third-order valence-corrected chi connectivity index (χ3v) is 4.87. The fraction of sp³-hybridized carbons (Fsp3) is 0.346. The SMILES string of the molecule is C=CC.Cc1cnc(C2=c3ccccc3=CCC2CC=CC(C)C)cc1C. The van der Waals surface area contributed by atoms with Crippen molar-refractivity contribution in [3.05, 3.63) is 88.6 Å². The standard InChI is InChI=1S/C23H27N.C3H6/c1-16(2)8-7-10-20-13-12-19-9-5-6-11-21(19)23(20)22-14-17(3)18(4)15-24-22;1-3-2/h5-9,11-12,14-16,20H,10,13H2,1-4H3;3H,1H2,2H3. The van der Waals surface area contributed by atoms with Gasteiger partial charge in [0.1, 0.15) is 0 Å². The Morgan fingerprint density at radius 1 is 1.19 bits per heavy atom. The Kier molecular flexibility index (Phi) is 7.79. The number of hydrogen-bond acceptors (Lipinski definition) is 1. The van der Waals surface area contributed by atoms with Gasteiger partial charge in [-0.25, -0.2) is 0 Å². The second-order valence-corrected chi connectivity index (χ2v) is 7.61. The molecule has 0 amide bonds. The van der Waals surface area contributed by atoms with Gasteiger partial charge in [0.15, 0.2) is 0 Å². The van der Waals surface area contributed by atoms with Crippen molar-refractivity contribution in [3.8, 4) is 0 Å². The molecule has 1 atom stereocenters. The highest BCUT2D eigenvalue weighted by molar-refractivity contribution is 5.68. The van der Waals surface area contributed by atoms with E-state index in [-0.39, 0.29) is 0 Å². The van der Waals surface area contributed by atoms with E-state index in [2.05, 4.69) is 82.8 Å². The number of nitrogens with zero attached hydrogens (tertiary/aromatic N) is 1. The quantitative estimate of drug-likeness (QED) is 0.658. The monoisotopic (exact) mass is 359 g/mol. The van der Waals surface area contributed by atoms with Crippen LogP contribution < -0.4 is 10.4 Å². The second kappa shape index (κ2) is 10.1. The molecule has 0 spiro atoms. The van der Waals surface area contributed by atoms with Crippen LogP contribution in [0.4, 0.5) is 0 Å². The van der Waals surface area contributed by atoms with E-state index in [9.17, 15) is 0 Å². The highest BCUT2D eigenvalue weighted by Crippen LogP contribution is 2.28. The summed E-state index contributed by atoms with van der Waals surface area (Å²) < 4.78 is 0. The number of hydrogen-bond donors (Lipinski definition) is 0. The molecule has 27 heavy (non-hydrogen) atoms. The van der Waals surface area contributed by atoms with Crippen molar-refractivity contribution in [3.63, 3.8) is 0 Å². The third-order valence-electron chi connectivity index (χ3n) is 4.87. The van der Waals surface area contributed by atoms with E-state index in [1.54, 1.807) is 6.08 Å². The maximum absolute atomic E-state index is 4.78. The Morgan fingerprint density at radius 2 is 1.89 bits per heavy atom. The van der Waals surface area contributed by atoms with Gasteiger partial charge in [0.2, 0.25) is 0 Å². The third kappa shape index (κ3) is 5.53. The van der Waals surface area contributed by atoms with Gasteiger partial charge in [-0.15, -0.1) is 6.58 Å². The number of allylic oxidation sites excluding steroid dienone is 3. The smallest absolute Gasteiger partial charge is 0.0673 e. The Labute approximate surface area is 164 Å². The van der Waals surface area contributed by atoms with Gasteiger partial charge in [-0.05, 0) is 78.7 Å². The summed E-state index contributed by atoms with van der Waals surface area (Å²) in [6.07, 6.45) is 13.0. The fourth-order valence-electron chi connectivity index (χ4n) is 3.38. The predicted octanol–water partition coefficient (Wildman–Crippen LogP) is 5.49. The van der Waals surface area contributed by atoms with E-state index in [0.29, 0.717) is 11.8 Å². The van der Waals surface area contributed by atoms with Crippen LogP contribution in [0.1, 0.15) is 50.4 Å². The number of fused-ring (bicyclic) bond motifs is 1. The van der Waals surface area contributed by atoms with E-state index in [0.717, 1.165) is 18.5 Å². The van der Waals surface area contributed by atoms with Crippen LogP contribution in [0.3, 0.4) is 0 Å². The molecule has 1 heterocycles. The maximum Gasteiger partial charge on any atom is 0.0673 e. The summed E-state index contributed by atoms with van der Waals surface area (Å²) in [5.41, 5.74) is 5.12. The minimum Gasteiger partial charge on any atom is -0.256 e. The first-order valence-electron chi connectivity index (χ1n) is 9.94. The molecular formula is C26H33N. The van der Waals surface area contributed by atoms with Crippen molar-refractivity contribution in [1.82, 2.24) is 4.98 Å². The molecule has 1 nitrogen and oxygen atoms in total. The van der Waals surface area contributed by atoms with Crippen LogP contribution in [0.2, 0.25) is 0 Å². The van der Waals surface area contributed by atoms with Crippen LogP contribution in [0, 0.1) is 25.7 Å². The summed E-state index contributed by atoms with van der Waals surface area (Å²) in [6, 6.07) is 11.0. The molecule has 1 aliphatic carbocycles. The molecule has 0 N–H and O–H groups in total. The van der Waals surface area contributed by atoms with E-state index in [1.165, 1.54) is 27.1 Å². The zero-order valence-electron chi connectivity index (χ0n) is 17.5. The molecule has 0 saturated carbocycles. The first-order valence-corrected chi connectivity index (χ1v) is 9.94. The summed E-state index contributed by atoms with van der Waals surface area (Å²) in [5.74, 6) is 1.11. The highest BCUT2D eigenvalue weighted by Gasteiger charge is 2.19. The van der Waals surface area contributed by atoms with Crippen LogP contribution in [0.5, 0.6) is 0 Å². The van der Waals surface area contributed by atoms with Crippen molar-refractivity contribution >= 4 is 11.6 Å². The molecule has 3 rings (SSSR count). The van der Waals surface area contributed by atoms with Crippen molar-refractivity contribution < 1.29 is 0 Å². The topological polar surface area (TPSA) is 12.9 Å². The molecule has 0 fully saturated rings. The van der Waals surface area contributed by atoms with Gasteiger partial charge in [-0.2, -0.15) is 0 Å². The molecule has 1 aromatic heterocycles. The lowest BCUT2D eigenvalue weighted by molar-refractivity contribution is 0.691. The van der Waals surface area contributed by atoms with E-state index in [4.69, 9.17) is 4.98 Å². The molecule has 0 radical (unpaired) electrons. The molecule has 0 bridgehead atoms. The Hall–Kier alpha value is -2.41. The Balaban J connectivity index is 0.000000817. The summed E-state index contributed by atoms with van der Waals surface area (Å²) >= 11 is 0. The Morgan fingerprint density at radius 3 is 2.56 bits per heavy atom. The van der Waals surface area contributed by atoms with Gasteiger partial charge in [0.05, 0.1) is 5.69 Å². The molecule has 1 heteroatoms. The van der Waals surface area contributed by atoms with Crippen LogP contribution in [0.25, 0.3) is 11.6 Å². The van der Waals surface area contributed by atoms with E-state index in [1.807, 2.05) is 13.1 Å². The lowest BCUT2D eigenvalue weighted by Gasteiger charge is -2.22. The minimum atomic E-state index is 0.504. The Bertz CT molecular complexity index is 915. The van der Waals surface area contributed by atoms with Gasteiger partial charge in [0, 0.05) is 6.20 Å². The van der Waals surface area contributed by atoms with Crippen molar-refractivity contribution in [2.75, 3.05) is 0 Å². The molecular weight excluding hydrogens is 326 g/mol. The lowest BCUT2D eigenvalue weighted by atomic mass is 9.83. The summed E-state index contributed by atoms with van der Waals surface area (Å²) in [7, 11) is 0. The number of aryl methyl sites for hydroxylation is 2. The molecule has 0 saturated heterocycles. The molecule has 1 aromatic carbocycles. The maximum atomic E-state index is 4.78. The molecule has 1 aliphatic rings. The average molecular weight is 360 g/mol. The molecule has 0 aliphatic heterocycles. The molecule has 1 unspecified atom stereocenters. The molecule has 142 valence electrons. The zero-order chi connectivity index (χ0) is 19.8. The minimum absolute atomic E-state index is 0.504. The lowest BCUT2D eigenvalue weighted by Crippen LogP contribution is -2.33. The normalized spacial score (nSPS) is 15.8. The number of aromatic nitrogens is 1. The van der Waals surface area contributed by atoms with Crippen LogP contribution in [-0.4, -0.2) is 4.98 Å². The fourth-order valence-corrected chi connectivity index (χ4v) is 3.38. The van der Waals surface area contributed by atoms with Crippen LogP contribution >= 0.6 is 0 Å². The van der Waals surface area contributed by atoms with Crippen molar-refractivity contribution in [2.45, 2.75) is 47.5 Å². The predicted molar refractivity (Wildman–Crippen MR) is 119 cm³/mol. The van der Waals surface area contributed by atoms with Crippen LogP contribution in [-0.2, 0) is 0 Å². The molecule has 2 aromatic rings. The van der Waals surface area contributed by atoms with Gasteiger partial charge in [-0.1, -0.05) is 62.4 Å². The summed E-state index contributed by atoms with van der Waals surface area (Å²) in [5, 5.41) is 2.69. The first kappa shape index (κ1) is 20.9. The van der Waals surface area contributed by atoms with E-state index < -0.39 is 0 Å². The first-order chi connectivity index (χ1) is 13.0. The average Bonchev–Trinajstić information content (AvgIpc) is 2.64.